The average Bonchev–Trinajstić information content (AvgIpc) is 2.88. The second-order valence-corrected chi connectivity index (χ2v) is 9.90. The lowest BCUT2D eigenvalue weighted by Gasteiger charge is -2.20. The molecule has 10 heteroatoms. The van der Waals surface area contributed by atoms with Crippen LogP contribution in [-0.2, 0) is 20.0 Å². The molecule has 1 aliphatic heterocycles. The van der Waals surface area contributed by atoms with E-state index in [1.165, 1.54) is 32.9 Å². The van der Waals surface area contributed by atoms with Gasteiger partial charge in [-0.05, 0) is 24.1 Å². The van der Waals surface area contributed by atoms with Gasteiger partial charge in [0.2, 0.25) is 20.0 Å². The molecule has 0 spiro atoms. The monoisotopic (exact) mass is 411 g/mol. The summed E-state index contributed by atoms with van der Waals surface area (Å²) in [5.74, 6) is 0.0716. The van der Waals surface area contributed by atoms with Crippen LogP contribution in [0.25, 0.3) is 0 Å². The van der Waals surface area contributed by atoms with Crippen molar-refractivity contribution in [1.82, 2.24) is 8.61 Å². The van der Waals surface area contributed by atoms with Crippen molar-refractivity contribution in [1.29, 1.82) is 0 Å². The second-order valence-electron chi connectivity index (χ2n) is 6.03. The maximum atomic E-state index is 12.8. The predicted molar refractivity (Wildman–Crippen MR) is 99.7 cm³/mol. The van der Waals surface area contributed by atoms with Crippen LogP contribution in [0.5, 0.6) is 0 Å². The molecule has 0 bridgehead atoms. The van der Waals surface area contributed by atoms with Crippen LogP contribution in [0.4, 0.5) is 0 Å². The molecular formula is C15H26ClN3O4S2. The second kappa shape index (κ2) is 8.32. The number of rotatable bonds is 6. The van der Waals surface area contributed by atoms with E-state index < -0.39 is 20.0 Å². The van der Waals surface area contributed by atoms with E-state index in [-0.39, 0.29) is 40.7 Å². The number of hydrogen-bond acceptors (Lipinski definition) is 5. The van der Waals surface area contributed by atoms with Crippen molar-refractivity contribution in [3.05, 3.63) is 24.3 Å². The normalized spacial score (nSPS) is 22.1. The first kappa shape index (κ1) is 22.3. The fourth-order valence-electron chi connectivity index (χ4n) is 2.80. The Bertz CT molecular complexity index is 785. The van der Waals surface area contributed by atoms with Crippen LogP contribution in [0.2, 0.25) is 0 Å². The average molecular weight is 412 g/mol. The quantitative estimate of drug-likeness (QED) is 0.755. The summed E-state index contributed by atoms with van der Waals surface area (Å²) < 4.78 is 53.4. The number of sulfonamides is 2. The maximum Gasteiger partial charge on any atom is 0.243 e. The molecule has 2 unspecified atom stereocenters. The summed E-state index contributed by atoms with van der Waals surface area (Å²) in [6, 6.07) is 5.33. The third-order valence-electron chi connectivity index (χ3n) is 4.42. The first-order chi connectivity index (χ1) is 11.1. The molecule has 2 rings (SSSR count). The summed E-state index contributed by atoms with van der Waals surface area (Å²) in [6.07, 6.45) is 0. The van der Waals surface area contributed by atoms with Crippen molar-refractivity contribution in [2.75, 3.05) is 26.2 Å². The van der Waals surface area contributed by atoms with E-state index in [2.05, 4.69) is 0 Å². The molecule has 1 heterocycles. The van der Waals surface area contributed by atoms with E-state index in [4.69, 9.17) is 5.73 Å². The minimum absolute atomic E-state index is 0. The van der Waals surface area contributed by atoms with Crippen LogP contribution >= 0.6 is 12.4 Å². The molecule has 0 amide bonds. The van der Waals surface area contributed by atoms with Gasteiger partial charge in [0.15, 0.2) is 0 Å². The standard InChI is InChI=1S/C15H25N3O4S2.ClH/c1-4-17(5-2)23(19,20)13-7-6-8-14(9-13)24(21,22)18-10-12(3)15(16)11-18;/h6-9,12,15H,4-5,10-11,16H2,1-3H3;1H. The molecule has 144 valence electrons. The molecule has 2 atom stereocenters. The molecule has 0 radical (unpaired) electrons. The first-order valence-corrected chi connectivity index (χ1v) is 10.9. The van der Waals surface area contributed by atoms with E-state index in [1.54, 1.807) is 13.8 Å². The van der Waals surface area contributed by atoms with Gasteiger partial charge in [-0.15, -0.1) is 12.4 Å². The van der Waals surface area contributed by atoms with E-state index in [0.29, 0.717) is 19.6 Å². The highest BCUT2D eigenvalue weighted by atomic mass is 35.5. The smallest absolute Gasteiger partial charge is 0.243 e. The van der Waals surface area contributed by atoms with Gasteiger partial charge in [-0.2, -0.15) is 8.61 Å². The van der Waals surface area contributed by atoms with Gasteiger partial charge in [0.1, 0.15) is 0 Å². The third kappa shape index (κ3) is 4.35. The van der Waals surface area contributed by atoms with Crippen molar-refractivity contribution in [2.24, 2.45) is 11.7 Å². The van der Waals surface area contributed by atoms with Gasteiger partial charge < -0.3 is 5.73 Å². The fourth-order valence-corrected chi connectivity index (χ4v) is 6.00. The highest BCUT2D eigenvalue weighted by Crippen LogP contribution is 2.26. The third-order valence-corrected chi connectivity index (χ3v) is 8.30. The lowest BCUT2D eigenvalue weighted by Crippen LogP contribution is -2.33. The van der Waals surface area contributed by atoms with Gasteiger partial charge >= 0.3 is 0 Å². The fraction of sp³-hybridized carbons (Fsp3) is 0.600. The van der Waals surface area contributed by atoms with Crippen LogP contribution in [-0.4, -0.2) is 57.7 Å². The van der Waals surface area contributed by atoms with Gasteiger partial charge in [0, 0.05) is 32.2 Å². The molecule has 0 aliphatic carbocycles. The van der Waals surface area contributed by atoms with E-state index in [9.17, 15) is 16.8 Å². The largest absolute Gasteiger partial charge is 0.326 e. The molecule has 7 nitrogen and oxygen atoms in total. The van der Waals surface area contributed by atoms with E-state index >= 15 is 0 Å². The number of nitrogens with zero attached hydrogens (tertiary/aromatic N) is 2. The highest BCUT2D eigenvalue weighted by Gasteiger charge is 2.36. The first-order valence-electron chi connectivity index (χ1n) is 8.00. The Morgan fingerprint density at radius 3 is 2.16 bits per heavy atom. The van der Waals surface area contributed by atoms with Crippen molar-refractivity contribution >= 4 is 32.5 Å². The molecule has 0 aromatic heterocycles. The number of benzene rings is 1. The molecule has 25 heavy (non-hydrogen) atoms. The Balaban J connectivity index is 0.00000312. The van der Waals surface area contributed by atoms with Crippen LogP contribution < -0.4 is 5.73 Å². The molecule has 1 saturated heterocycles. The van der Waals surface area contributed by atoms with Crippen LogP contribution in [0, 0.1) is 5.92 Å². The predicted octanol–water partition coefficient (Wildman–Crippen LogP) is 1.11. The van der Waals surface area contributed by atoms with E-state index in [0.717, 1.165) is 0 Å². The molecule has 1 aliphatic rings. The Labute approximate surface area is 156 Å². The highest BCUT2D eigenvalue weighted by molar-refractivity contribution is 7.90. The Morgan fingerprint density at radius 1 is 1.12 bits per heavy atom. The van der Waals surface area contributed by atoms with E-state index in [1.807, 2.05) is 6.92 Å². The molecule has 2 N–H and O–H groups in total. The maximum absolute atomic E-state index is 12.8. The zero-order chi connectivity index (χ0) is 18.1. The lowest BCUT2D eigenvalue weighted by molar-refractivity contribution is 0.445. The van der Waals surface area contributed by atoms with Gasteiger partial charge in [0.05, 0.1) is 9.79 Å². The summed E-state index contributed by atoms with van der Waals surface area (Å²) in [5, 5.41) is 0. The van der Waals surface area contributed by atoms with Crippen molar-refractivity contribution in [3.8, 4) is 0 Å². The Hall–Kier alpha value is -0.710. The van der Waals surface area contributed by atoms with Gasteiger partial charge in [-0.25, -0.2) is 16.8 Å². The Kier molecular flexibility index (Phi) is 7.43. The summed E-state index contributed by atoms with van der Waals surface area (Å²) in [7, 11) is -7.46. The minimum Gasteiger partial charge on any atom is -0.326 e. The minimum atomic E-state index is -3.76. The summed E-state index contributed by atoms with van der Waals surface area (Å²) in [5.41, 5.74) is 5.91. The van der Waals surface area contributed by atoms with Crippen molar-refractivity contribution < 1.29 is 16.8 Å². The van der Waals surface area contributed by atoms with Gasteiger partial charge in [-0.1, -0.05) is 26.8 Å². The molecule has 0 saturated carbocycles. The SMILES string of the molecule is CCN(CC)S(=O)(=O)c1cccc(S(=O)(=O)N2CC(C)C(N)C2)c1.Cl. The zero-order valence-electron chi connectivity index (χ0n) is 14.6. The van der Waals surface area contributed by atoms with Gasteiger partial charge in [-0.3, -0.25) is 0 Å². The summed E-state index contributed by atoms with van der Waals surface area (Å²) in [4.78, 5) is -0.0270. The lowest BCUT2D eigenvalue weighted by atomic mass is 10.1. The van der Waals surface area contributed by atoms with Crippen LogP contribution in [0.1, 0.15) is 20.8 Å². The number of hydrogen-bond donors (Lipinski definition) is 1. The summed E-state index contributed by atoms with van der Waals surface area (Å²) in [6.45, 7) is 6.64. The Morgan fingerprint density at radius 2 is 1.68 bits per heavy atom. The topological polar surface area (TPSA) is 101 Å². The van der Waals surface area contributed by atoms with Crippen LogP contribution in [0.15, 0.2) is 34.1 Å². The van der Waals surface area contributed by atoms with Crippen LogP contribution in [0.3, 0.4) is 0 Å². The van der Waals surface area contributed by atoms with Crippen molar-refractivity contribution in [3.63, 3.8) is 0 Å². The van der Waals surface area contributed by atoms with Crippen molar-refractivity contribution in [2.45, 2.75) is 36.6 Å². The molecular weight excluding hydrogens is 386 g/mol. The number of halogens is 1. The molecule has 1 fully saturated rings. The summed E-state index contributed by atoms with van der Waals surface area (Å²) >= 11 is 0. The number of nitrogens with two attached hydrogens (primary N) is 1. The molecule has 1 aromatic rings. The zero-order valence-corrected chi connectivity index (χ0v) is 17.1. The molecule has 1 aromatic carbocycles. The van der Waals surface area contributed by atoms with Gasteiger partial charge in [0.25, 0.3) is 0 Å².